The van der Waals surface area contributed by atoms with Crippen LogP contribution in [0.1, 0.15) is 24.5 Å². The highest BCUT2D eigenvalue weighted by Crippen LogP contribution is 2.28. The van der Waals surface area contributed by atoms with E-state index in [2.05, 4.69) is 28.2 Å². The molecule has 0 aliphatic carbocycles. The third kappa shape index (κ3) is 5.79. The average molecular weight is 346 g/mol. The van der Waals surface area contributed by atoms with Gasteiger partial charge in [-0.25, -0.2) is 0 Å². The number of aryl methyl sites for hydroxylation is 1. The van der Waals surface area contributed by atoms with Gasteiger partial charge in [0.1, 0.15) is 18.5 Å². The van der Waals surface area contributed by atoms with Gasteiger partial charge in [0, 0.05) is 23.7 Å². The lowest BCUT2D eigenvalue weighted by molar-refractivity contribution is 0.0321. The molecule has 0 aromatic heterocycles. The maximum Gasteiger partial charge on any atom is 0.126 e. The molecule has 0 fully saturated rings. The molecule has 20 heavy (non-hydrogen) atoms. The molecule has 1 atom stereocenters. The van der Waals surface area contributed by atoms with E-state index in [9.17, 15) is 5.11 Å². The molecule has 1 aromatic carbocycles. The highest BCUT2D eigenvalue weighted by Gasteiger charge is 2.11. The smallest absolute Gasteiger partial charge is 0.126 e. The van der Waals surface area contributed by atoms with Crippen molar-refractivity contribution in [1.82, 2.24) is 5.32 Å². The summed E-state index contributed by atoms with van der Waals surface area (Å²) >= 11 is 3.51. The van der Waals surface area contributed by atoms with Gasteiger partial charge in [-0.1, -0.05) is 22.9 Å². The monoisotopic (exact) mass is 345 g/mol. The molecule has 0 bridgehead atoms. The van der Waals surface area contributed by atoms with Gasteiger partial charge < -0.3 is 19.9 Å². The Labute approximate surface area is 129 Å². The quantitative estimate of drug-likeness (QED) is 0.675. The van der Waals surface area contributed by atoms with Crippen LogP contribution in [0.25, 0.3) is 0 Å². The minimum Gasteiger partial charge on any atom is -0.490 e. The molecule has 0 heterocycles. The molecular formula is C15H24BrNO3. The molecule has 0 saturated carbocycles. The number of nitrogens with one attached hydrogen (secondary N) is 1. The summed E-state index contributed by atoms with van der Waals surface area (Å²) in [5.41, 5.74) is 2.15. The summed E-state index contributed by atoms with van der Waals surface area (Å²) < 4.78 is 11.7. The molecule has 0 spiro atoms. The molecule has 114 valence electrons. The molecule has 0 radical (unpaired) electrons. The van der Waals surface area contributed by atoms with E-state index in [1.165, 1.54) is 0 Å². The Bertz CT molecular complexity index is 412. The highest BCUT2D eigenvalue weighted by molar-refractivity contribution is 9.10. The number of aliphatic hydroxyl groups excluding tert-OH is 1. The largest absolute Gasteiger partial charge is 0.490 e. The normalized spacial score (nSPS) is 12.4. The zero-order valence-corrected chi connectivity index (χ0v) is 14.0. The summed E-state index contributed by atoms with van der Waals surface area (Å²) in [6, 6.07) is 4.06. The Morgan fingerprint density at radius 2 is 2.10 bits per heavy atom. The fraction of sp³-hybridized carbons (Fsp3) is 0.600. The number of rotatable bonds is 9. The van der Waals surface area contributed by atoms with Crippen molar-refractivity contribution in [2.75, 3.05) is 26.9 Å². The molecular weight excluding hydrogens is 322 g/mol. The standard InChI is InChI=1S/C15H24BrNO3/c1-4-5-17-8-12-7-13(16)6-11(2)15(12)20-10-14(18)9-19-3/h6-7,14,17-18H,4-5,8-10H2,1-3H3. The number of halogens is 1. The molecule has 0 amide bonds. The van der Waals surface area contributed by atoms with Crippen LogP contribution in [0.3, 0.4) is 0 Å². The zero-order valence-electron chi connectivity index (χ0n) is 12.4. The van der Waals surface area contributed by atoms with Crippen LogP contribution in [0.4, 0.5) is 0 Å². The van der Waals surface area contributed by atoms with Gasteiger partial charge in [0.15, 0.2) is 0 Å². The Morgan fingerprint density at radius 3 is 2.75 bits per heavy atom. The number of hydrogen-bond acceptors (Lipinski definition) is 4. The lowest BCUT2D eigenvalue weighted by Crippen LogP contribution is -2.23. The van der Waals surface area contributed by atoms with Crippen LogP contribution in [0, 0.1) is 6.92 Å². The molecule has 2 N–H and O–H groups in total. The van der Waals surface area contributed by atoms with E-state index < -0.39 is 6.10 Å². The number of benzene rings is 1. The Kier molecular flexibility index (Phi) is 8.14. The van der Waals surface area contributed by atoms with Gasteiger partial charge in [-0.3, -0.25) is 0 Å². The maximum absolute atomic E-state index is 9.69. The van der Waals surface area contributed by atoms with E-state index in [1.54, 1.807) is 7.11 Å². The van der Waals surface area contributed by atoms with Gasteiger partial charge in [0.25, 0.3) is 0 Å². The van der Waals surface area contributed by atoms with Gasteiger partial charge in [0.05, 0.1) is 6.61 Å². The molecule has 1 unspecified atom stereocenters. The third-order valence-electron chi connectivity index (χ3n) is 2.84. The van der Waals surface area contributed by atoms with Crippen LogP contribution in [-0.2, 0) is 11.3 Å². The second-order valence-corrected chi connectivity index (χ2v) is 5.72. The van der Waals surface area contributed by atoms with Crippen LogP contribution in [-0.4, -0.2) is 38.1 Å². The summed E-state index contributed by atoms with van der Waals surface area (Å²) in [6.07, 6.45) is 0.481. The fourth-order valence-corrected chi connectivity index (χ4v) is 2.58. The van der Waals surface area contributed by atoms with Crippen molar-refractivity contribution in [3.8, 4) is 5.75 Å². The Balaban J connectivity index is 2.75. The van der Waals surface area contributed by atoms with E-state index in [1.807, 2.05) is 19.1 Å². The number of hydrogen-bond donors (Lipinski definition) is 2. The molecule has 1 rings (SSSR count). The second kappa shape index (κ2) is 9.34. The van der Waals surface area contributed by atoms with Gasteiger partial charge >= 0.3 is 0 Å². The van der Waals surface area contributed by atoms with Crippen molar-refractivity contribution in [2.45, 2.75) is 32.9 Å². The van der Waals surface area contributed by atoms with Gasteiger partial charge in [0.2, 0.25) is 0 Å². The van der Waals surface area contributed by atoms with Crippen LogP contribution < -0.4 is 10.1 Å². The predicted octanol–water partition coefficient (Wildman–Crippen LogP) is 2.64. The van der Waals surface area contributed by atoms with E-state index in [0.29, 0.717) is 0 Å². The van der Waals surface area contributed by atoms with Crippen LogP contribution in [0.5, 0.6) is 5.75 Å². The van der Waals surface area contributed by atoms with Crippen molar-refractivity contribution < 1.29 is 14.6 Å². The molecule has 4 nitrogen and oxygen atoms in total. The average Bonchev–Trinajstić information content (AvgIpc) is 2.38. The first-order chi connectivity index (χ1) is 9.58. The van der Waals surface area contributed by atoms with E-state index in [-0.39, 0.29) is 13.2 Å². The number of methoxy groups -OCH3 is 1. The van der Waals surface area contributed by atoms with E-state index in [4.69, 9.17) is 9.47 Å². The first kappa shape index (κ1) is 17.4. The Morgan fingerprint density at radius 1 is 1.35 bits per heavy atom. The van der Waals surface area contributed by atoms with Crippen molar-refractivity contribution in [1.29, 1.82) is 0 Å². The Hall–Kier alpha value is -0.620. The molecule has 0 aliphatic heterocycles. The van der Waals surface area contributed by atoms with Crippen LogP contribution in [0.2, 0.25) is 0 Å². The lowest BCUT2D eigenvalue weighted by Gasteiger charge is -2.17. The number of aliphatic hydroxyl groups is 1. The summed E-state index contributed by atoms with van der Waals surface area (Å²) in [7, 11) is 1.56. The maximum atomic E-state index is 9.69. The van der Waals surface area contributed by atoms with Crippen molar-refractivity contribution in [3.63, 3.8) is 0 Å². The first-order valence-electron chi connectivity index (χ1n) is 6.88. The summed E-state index contributed by atoms with van der Waals surface area (Å²) in [4.78, 5) is 0. The van der Waals surface area contributed by atoms with Crippen molar-refractivity contribution >= 4 is 15.9 Å². The van der Waals surface area contributed by atoms with E-state index >= 15 is 0 Å². The third-order valence-corrected chi connectivity index (χ3v) is 3.30. The topological polar surface area (TPSA) is 50.7 Å². The fourth-order valence-electron chi connectivity index (χ4n) is 1.96. The minimum absolute atomic E-state index is 0.233. The molecule has 0 saturated heterocycles. The minimum atomic E-state index is -0.612. The predicted molar refractivity (Wildman–Crippen MR) is 84.3 cm³/mol. The first-order valence-corrected chi connectivity index (χ1v) is 7.67. The zero-order chi connectivity index (χ0) is 15.0. The molecule has 1 aromatic rings. The summed E-state index contributed by atoms with van der Waals surface area (Å²) in [5.74, 6) is 0.840. The molecule has 0 aliphatic rings. The van der Waals surface area contributed by atoms with Gasteiger partial charge in [-0.2, -0.15) is 0 Å². The second-order valence-electron chi connectivity index (χ2n) is 4.81. The van der Waals surface area contributed by atoms with Crippen molar-refractivity contribution in [3.05, 3.63) is 27.7 Å². The lowest BCUT2D eigenvalue weighted by atomic mass is 10.1. The SMILES string of the molecule is CCCNCc1cc(Br)cc(C)c1OCC(O)COC. The van der Waals surface area contributed by atoms with Gasteiger partial charge in [-0.05, 0) is 37.6 Å². The summed E-state index contributed by atoms with van der Waals surface area (Å²) in [5, 5.41) is 13.1. The number of ether oxygens (including phenoxy) is 2. The van der Waals surface area contributed by atoms with Crippen molar-refractivity contribution in [2.24, 2.45) is 0 Å². The van der Waals surface area contributed by atoms with Gasteiger partial charge in [-0.15, -0.1) is 0 Å². The highest BCUT2D eigenvalue weighted by atomic mass is 79.9. The van der Waals surface area contributed by atoms with E-state index in [0.717, 1.165) is 40.9 Å². The molecule has 5 heteroatoms. The van der Waals surface area contributed by atoms with Crippen LogP contribution >= 0.6 is 15.9 Å². The van der Waals surface area contributed by atoms with Crippen LogP contribution in [0.15, 0.2) is 16.6 Å². The summed E-state index contributed by atoms with van der Waals surface area (Å²) in [6.45, 7) is 6.38.